The van der Waals surface area contributed by atoms with Crippen molar-refractivity contribution < 1.29 is 13.9 Å². The highest BCUT2D eigenvalue weighted by Gasteiger charge is 2.21. The molecule has 18 heavy (non-hydrogen) atoms. The summed E-state index contributed by atoms with van der Waals surface area (Å²) >= 11 is 0. The minimum Gasteiger partial charge on any atom is -0.497 e. The SMILES string of the molecule is COc1cc(F)cc(NC(=O)[C@@H]2CCCNC2)c1. The Morgan fingerprint density at radius 1 is 1.50 bits per heavy atom. The van der Waals surface area contributed by atoms with Crippen LogP contribution in [0.4, 0.5) is 10.1 Å². The molecule has 1 heterocycles. The highest BCUT2D eigenvalue weighted by atomic mass is 19.1. The van der Waals surface area contributed by atoms with Crippen LogP contribution in [-0.2, 0) is 4.79 Å². The third-order valence-electron chi connectivity index (χ3n) is 3.04. The standard InChI is InChI=1S/C13H17FN2O2/c1-18-12-6-10(14)5-11(7-12)16-13(17)9-3-2-4-15-8-9/h5-7,9,15H,2-4,8H2,1H3,(H,16,17)/t9-/m1/s1. The Balaban J connectivity index is 2.03. The number of piperidine rings is 1. The van der Waals surface area contributed by atoms with E-state index >= 15 is 0 Å². The molecule has 2 N–H and O–H groups in total. The molecule has 0 radical (unpaired) electrons. The molecule has 1 aromatic carbocycles. The number of carbonyl (C=O) groups excluding carboxylic acids is 1. The number of benzene rings is 1. The molecule has 1 atom stereocenters. The zero-order chi connectivity index (χ0) is 13.0. The summed E-state index contributed by atoms with van der Waals surface area (Å²) in [7, 11) is 1.46. The predicted molar refractivity (Wildman–Crippen MR) is 67.2 cm³/mol. The van der Waals surface area contributed by atoms with Crippen LogP contribution in [0, 0.1) is 11.7 Å². The minimum absolute atomic E-state index is 0.0481. The van der Waals surface area contributed by atoms with Gasteiger partial charge >= 0.3 is 0 Å². The van der Waals surface area contributed by atoms with Crippen LogP contribution in [0.2, 0.25) is 0 Å². The van der Waals surface area contributed by atoms with Gasteiger partial charge in [0, 0.05) is 24.4 Å². The topological polar surface area (TPSA) is 50.4 Å². The number of methoxy groups -OCH3 is 1. The van der Waals surface area contributed by atoms with Crippen molar-refractivity contribution >= 4 is 11.6 Å². The Labute approximate surface area is 106 Å². The number of nitrogens with one attached hydrogen (secondary N) is 2. The summed E-state index contributed by atoms with van der Waals surface area (Å²) in [6.07, 6.45) is 1.86. The van der Waals surface area contributed by atoms with Crippen LogP contribution in [0.3, 0.4) is 0 Å². The minimum atomic E-state index is -0.425. The number of anilines is 1. The van der Waals surface area contributed by atoms with E-state index < -0.39 is 5.82 Å². The lowest BCUT2D eigenvalue weighted by atomic mass is 9.99. The lowest BCUT2D eigenvalue weighted by Crippen LogP contribution is -2.37. The first-order valence-electron chi connectivity index (χ1n) is 6.05. The first-order valence-corrected chi connectivity index (χ1v) is 6.05. The summed E-state index contributed by atoms with van der Waals surface area (Å²) in [5.74, 6) is -0.152. The third-order valence-corrected chi connectivity index (χ3v) is 3.04. The van der Waals surface area contributed by atoms with Gasteiger partial charge in [-0.25, -0.2) is 4.39 Å². The third kappa shape index (κ3) is 3.20. The number of carbonyl (C=O) groups is 1. The van der Waals surface area contributed by atoms with Gasteiger partial charge in [0.05, 0.1) is 13.0 Å². The highest BCUT2D eigenvalue weighted by Crippen LogP contribution is 2.21. The van der Waals surface area contributed by atoms with Gasteiger partial charge in [-0.2, -0.15) is 0 Å². The Bertz CT molecular complexity index is 431. The molecule has 1 aromatic rings. The van der Waals surface area contributed by atoms with Crippen molar-refractivity contribution in [2.45, 2.75) is 12.8 Å². The van der Waals surface area contributed by atoms with Crippen molar-refractivity contribution in [3.8, 4) is 5.75 Å². The summed E-state index contributed by atoms with van der Waals surface area (Å²) in [6, 6.07) is 4.17. The van der Waals surface area contributed by atoms with Crippen molar-refractivity contribution in [2.75, 3.05) is 25.5 Å². The van der Waals surface area contributed by atoms with Gasteiger partial charge < -0.3 is 15.4 Å². The summed E-state index contributed by atoms with van der Waals surface area (Å²) in [4.78, 5) is 12.0. The molecular weight excluding hydrogens is 235 g/mol. The molecule has 0 unspecified atom stereocenters. The van der Waals surface area contributed by atoms with E-state index in [9.17, 15) is 9.18 Å². The molecule has 1 fully saturated rings. The van der Waals surface area contributed by atoms with Crippen molar-refractivity contribution in [3.05, 3.63) is 24.0 Å². The van der Waals surface area contributed by atoms with Crippen LogP contribution in [0.15, 0.2) is 18.2 Å². The van der Waals surface area contributed by atoms with E-state index in [1.165, 1.54) is 19.2 Å². The van der Waals surface area contributed by atoms with E-state index in [-0.39, 0.29) is 11.8 Å². The van der Waals surface area contributed by atoms with Crippen LogP contribution >= 0.6 is 0 Å². The first-order chi connectivity index (χ1) is 8.69. The van der Waals surface area contributed by atoms with Crippen molar-refractivity contribution in [3.63, 3.8) is 0 Å². The van der Waals surface area contributed by atoms with Crippen LogP contribution in [0.5, 0.6) is 5.75 Å². The fourth-order valence-corrected chi connectivity index (χ4v) is 2.07. The molecule has 0 aliphatic carbocycles. The van der Waals surface area contributed by atoms with Gasteiger partial charge in [-0.15, -0.1) is 0 Å². The van der Waals surface area contributed by atoms with Gasteiger partial charge in [-0.1, -0.05) is 0 Å². The van der Waals surface area contributed by atoms with Gasteiger partial charge in [0.15, 0.2) is 0 Å². The van der Waals surface area contributed by atoms with Gasteiger partial charge in [-0.3, -0.25) is 4.79 Å². The Hall–Kier alpha value is -1.62. The zero-order valence-electron chi connectivity index (χ0n) is 10.3. The smallest absolute Gasteiger partial charge is 0.228 e. The lowest BCUT2D eigenvalue weighted by Gasteiger charge is -2.22. The maximum Gasteiger partial charge on any atom is 0.228 e. The lowest BCUT2D eigenvalue weighted by molar-refractivity contribution is -0.120. The molecule has 1 saturated heterocycles. The molecular formula is C13H17FN2O2. The number of hydrogen-bond donors (Lipinski definition) is 2. The Morgan fingerprint density at radius 3 is 3.00 bits per heavy atom. The van der Waals surface area contributed by atoms with E-state index in [0.29, 0.717) is 18.0 Å². The van der Waals surface area contributed by atoms with Gasteiger partial charge in [0.1, 0.15) is 11.6 Å². The number of hydrogen-bond acceptors (Lipinski definition) is 3. The first kappa shape index (κ1) is 12.8. The van der Waals surface area contributed by atoms with Gasteiger partial charge in [-0.05, 0) is 25.5 Å². The summed E-state index contributed by atoms with van der Waals surface area (Å²) < 4.78 is 18.2. The second kappa shape index (κ2) is 5.82. The Kier molecular flexibility index (Phi) is 4.15. The van der Waals surface area contributed by atoms with Crippen LogP contribution in [0.1, 0.15) is 12.8 Å². The number of ether oxygens (including phenoxy) is 1. The molecule has 5 heteroatoms. The molecule has 0 bridgehead atoms. The van der Waals surface area contributed by atoms with Crippen molar-refractivity contribution in [1.82, 2.24) is 5.32 Å². The fraction of sp³-hybridized carbons (Fsp3) is 0.462. The molecule has 1 aliphatic heterocycles. The normalized spacial score (nSPS) is 19.3. The molecule has 0 aromatic heterocycles. The van der Waals surface area contributed by atoms with Crippen molar-refractivity contribution in [1.29, 1.82) is 0 Å². The Morgan fingerprint density at radius 2 is 2.33 bits per heavy atom. The average molecular weight is 252 g/mol. The second-order valence-corrected chi connectivity index (χ2v) is 4.41. The number of rotatable bonds is 3. The van der Waals surface area contributed by atoms with Crippen LogP contribution in [0.25, 0.3) is 0 Å². The monoisotopic (exact) mass is 252 g/mol. The fourth-order valence-electron chi connectivity index (χ4n) is 2.07. The van der Waals surface area contributed by atoms with E-state index in [1.807, 2.05) is 0 Å². The summed E-state index contributed by atoms with van der Waals surface area (Å²) in [5.41, 5.74) is 0.433. The van der Waals surface area contributed by atoms with E-state index in [1.54, 1.807) is 6.07 Å². The van der Waals surface area contributed by atoms with Crippen LogP contribution in [-0.4, -0.2) is 26.1 Å². The molecule has 98 valence electrons. The van der Waals surface area contributed by atoms with Gasteiger partial charge in [0.2, 0.25) is 5.91 Å². The molecule has 1 amide bonds. The molecule has 2 rings (SSSR count). The van der Waals surface area contributed by atoms with Gasteiger partial charge in [0.25, 0.3) is 0 Å². The molecule has 0 spiro atoms. The number of amides is 1. The zero-order valence-corrected chi connectivity index (χ0v) is 10.3. The quantitative estimate of drug-likeness (QED) is 0.862. The maximum absolute atomic E-state index is 13.3. The number of halogens is 1. The van der Waals surface area contributed by atoms with E-state index in [4.69, 9.17) is 4.74 Å². The summed E-state index contributed by atoms with van der Waals surface area (Å²) in [5, 5.41) is 5.90. The highest BCUT2D eigenvalue weighted by molar-refractivity contribution is 5.92. The molecule has 0 saturated carbocycles. The summed E-state index contributed by atoms with van der Waals surface area (Å²) in [6.45, 7) is 1.63. The van der Waals surface area contributed by atoms with Crippen molar-refractivity contribution in [2.24, 2.45) is 5.92 Å². The van der Waals surface area contributed by atoms with E-state index in [2.05, 4.69) is 10.6 Å². The molecule has 1 aliphatic rings. The largest absolute Gasteiger partial charge is 0.497 e. The maximum atomic E-state index is 13.3. The van der Waals surface area contributed by atoms with E-state index in [0.717, 1.165) is 19.4 Å². The average Bonchev–Trinajstić information content (AvgIpc) is 2.39. The predicted octanol–water partition coefficient (Wildman–Crippen LogP) is 1.77. The second-order valence-electron chi connectivity index (χ2n) is 4.41. The molecule has 4 nitrogen and oxygen atoms in total. The van der Waals surface area contributed by atoms with Crippen LogP contribution < -0.4 is 15.4 Å².